The zero-order valence-corrected chi connectivity index (χ0v) is 19.6. The van der Waals surface area contributed by atoms with E-state index < -0.39 is 5.82 Å². The third-order valence-electron chi connectivity index (χ3n) is 5.65. The van der Waals surface area contributed by atoms with Gasteiger partial charge in [-0.1, -0.05) is 11.6 Å². The molecule has 8 nitrogen and oxygen atoms in total. The molecule has 178 valence electrons. The normalized spacial score (nSPS) is 13.6. The van der Waals surface area contributed by atoms with Gasteiger partial charge in [0.1, 0.15) is 17.4 Å². The number of methoxy groups -OCH3 is 1. The summed E-state index contributed by atoms with van der Waals surface area (Å²) in [6.45, 7) is 1.98. The third kappa shape index (κ3) is 4.73. The second kappa shape index (κ2) is 9.81. The lowest BCUT2D eigenvalue weighted by Crippen LogP contribution is -2.40. The Hall–Kier alpha value is -3.82. The summed E-state index contributed by atoms with van der Waals surface area (Å²) in [5.74, 6) is 0.575. The zero-order valence-electron chi connectivity index (χ0n) is 18.8. The van der Waals surface area contributed by atoms with Gasteiger partial charge in [0.15, 0.2) is 5.82 Å². The van der Waals surface area contributed by atoms with Crippen molar-refractivity contribution in [1.82, 2.24) is 19.9 Å². The molecule has 0 bridgehead atoms. The molecule has 2 aromatic heterocycles. The van der Waals surface area contributed by atoms with Crippen LogP contribution in [0.1, 0.15) is 10.4 Å². The van der Waals surface area contributed by atoms with E-state index in [-0.39, 0.29) is 10.9 Å². The molecule has 1 amide bonds. The molecular weight excluding hydrogens is 473 g/mol. The molecule has 0 spiro atoms. The molecule has 1 N–H and O–H groups in total. The van der Waals surface area contributed by atoms with E-state index >= 15 is 0 Å². The predicted molar refractivity (Wildman–Crippen MR) is 131 cm³/mol. The maximum absolute atomic E-state index is 13.7. The number of rotatable bonds is 5. The summed E-state index contributed by atoms with van der Waals surface area (Å²) in [6, 6.07) is 11.4. The second-order valence-electron chi connectivity index (χ2n) is 7.87. The SMILES string of the molecule is COc1cc2c(Nc3ccc(F)c(Cl)c3)nc(-c3cccnc3)nc2cc1C(=O)N1CCOCC1. The highest BCUT2D eigenvalue weighted by Crippen LogP contribution is 2.33. The number of nitrogens with zero attached hydrogens (tertiary/aromatic N) is 4. The third-order valence-corrected chi connectivity index (χ3v) is 5.94. The average Bonchev–Trinajstić information content (AvgIpc) is 2.90. The van der Waals surface area contributed by atoms with Crippen molar-refractivity contribution in [2.24, 2.45) is 0 Å². The lowest BCUT2D eigenvalue weighted by molar-refractivity contribution is 0.0301. The van der Waals surface area contributed by atoms with Crippen LogP contribution in [0.5, 0.6) is 5.75 Å². The Morgan fingerprint density at radius 3 is 2.71 bits per heavy atom. The Morgan fingerprint density at radius 1 is 1.17 bits per heavy atom. The Balaban J connectivity index is 1.66. The Labute approximate surface area is 205 Å². The van der Waals surface area contributed by atoms with E-state index in [0.717, 1.165) is 0 Å². The van der Waals surface area contributed by atoms with Crippen LogP contribution in [0.15, 0.2) is 54.9 Å². The van der Waals surface area contributed by atoms with Crippen molar-refractivity contribution in [3.8, 4) is 17.1 Å². The Bertz CT molecular complexity index is 1400. The predicted octanol–water partition coefficient (Wildman–Crippen LogP) is 4.71. The number of morpholine rings is 1. The molecule has 4 aromatic rings. The highest BCUT2D eigenvalue weighted by atomic mass is 35.5. The van der Waals surface area contributed by atoms with Crippen LogP contribution < -0.4 is 10.1 Å². The van der Waals surface area contributed by atoms with E-state index in [4.69, 9.17) is 31.0 Å². The highest BCUT2D eigenvalue weighted by Gasteiger charge is 2.24. The van der Waals surface area contributed by atoms with Gasteiger partial charge >= 0.3 is 0 Å². The minimum absolute atomic E-state index is 0.0168. The number of hydrogen-bond donors (Lipinski definition) is 1. The van der Waals surface area contributed by atoms with Gasteiger partial charge in [0.25, 0.3) is 5.91 Å². The first-order valence-electron chi connectivity index (χ1n) is 10.9. The lowest BCUT2D eigenvalue weighted by atomic mass is 10.1. The minimum Gasteiger partial charge on any atom is -0.496 e. The summed E-state index contributed by atoms with van der Waals surface area (Å²) >= 11 is 5.98. The Kier molecular flexibility index (Phi) is 6.43. The molecule has 5 rings (SSSR count). The molecule has 0 aliphatic carbocycles. The summed E-state index contributed by atoms with van der Waals surface area (Å²) in [4.78, 5) is 28.6. The van der Waals surface area contributed by atoms with E-state index in [1.807, 2.05) is 6.07 Å². The molecular formula is C25H21ClFN5O3. The number of pyridine rings is 1. The first-order chi connectivity index (χ1) is 17.0. The number of carbonyl (C=O) groups is 1. The molecule has 35 heavy (non-hydrogen) atoms. The van der Waals surface area contributed by atoms with E-state index in [2.05, 4.69) is 10.3 Å². The quantitative estimate of drug-likeness (QED) is 0.430. The minimum atomic E-state index is -0.520. The molecule has 1 aliphatic rings. The number of amides is 1. The molecule has 1 saturated heterocycles. The van der Waals surface area contributed by atoms with Gasteiger partial charge in [0.2, 0.25) is 0 Å². The van der Waals surface area contributed by atoms with E-state index in [1.165, 1.54) is 19.2 Å². The van der Waals surface area contributed by atoms with Crippen molar-refractivity contribution in [1.29, 1.82) is 0 Å². The number of benzene rings is 2. The molecule has 0 unspecified atom stereocenters. The summed E-state index contributed by atoms with van der Waals surface area (Å²) in [5.41, 5.74) is 2.17. The lowest BCUT2D eigenvalue weighted by Gasteiger charge is -2.27. The van der Waals surface area contributed by atoms with Crippen molar-refractivity contribution in [2.75, 3.05) is 38.7 Å². The van der Waals surface area contributed by atoms with Crippen molar-refractivity contribution in [3.63, 3.8) is 0 Å². The fourth-order valence-corrected chi connectivity index (χ4v) is 4.04. The van der Waals surface area contributed by atoms with E-state index in [9.17, 15) is 9.18 Å². The van der Waals surface area contributed by atoms with Gasteiger partial charge in [0.05, 0.1) is 36.4 Å². The Morgan fingerprint density at radius 2 is 2.00 bits per heavy atom. The van der Waals surface area contributed by atoms with Crippen molar-refractivity contribution < 1.29 is 18.7 Å². The van der Waals surface area contributed by atoms with Crippen LogP contribution in [0.3, 0.4) is 0 Å². The molecule has 10 heteroatoms. The summed E-state index contributed by atoms with van der Waals surface area (Å²) < 4.78 is 24.6. The molecule has 0 atom stereocenters. The number of ether oxygens (including phenoxy) is 2. The van der Waals surface area contributed by atoms with Crippen LogP contribution in [0.2, 0.25) is 5.02 Å². The second-order valence-corrected chi connectivity index (χ2v) is 8.27. The van der Waals surface area contributed by atoms with Gasteiger partial charge in [-0.05, 0) is 42.5 Å². The van der Waals surface area contributed by atoms with Crippen LogP contribution in [0.25, 0.3) is 22.3 Å². The van der Waals surface area contributed by atoms with Gasteiger partial charge in [-0.15, -0.1) is 0 Å². The molecule has 3 heterocycles. The number of carbonyl (C=O) groups excluding carboxylic acids is 1. The summed E-state index contributed by atoms with van der Waals surface area (Å²) in [5, 5.41) is 3.80. The largest absolute Gasteiger partial charge is 0.496 e. The maximum atomic E-state index is 13.7. The molecule has 2 aromatic carbocycles. The van der Waals surface area contributed by atoms with Crippen LogP contribution in [-0.4, -0.2) is 59.2 Å². The van der Waals surface area contributed by atoms with E-state index in [1.54, 1.807) is 41.6 Å². The zero-order chi connectivity index (χ0) is 24.4. The van der Waals surface area contributed by atoms with Gasteiger partial charge in [-0.2, -0.15) is 0 Å². The first-order valence-corrected chi connectivity index (χ1v) is 11.3. The topological polar surface area (TPSA) is 89.5 Å². The van der Waals surface area contributed by atoms with Crippen LogP contribution in [-0.2, 0) is 4.74 Å². The van der Waals surface area contributed by atoms with Gasteiger partial charge in [-0.25, -0.2) is 14.4 Å². The first kappa shape index (κ1) is 22.9. The van der Waals surface area contributed by atoms with Crippen LogP contribution in [0, 0.1) is 5.82 Å². The number of nitrogens with one attached hydrogen (secondary N) is 1. The van der Waals surface area contributed by atoms with Crippen LogP contribution >= 0.6 is 11.6 Å². The fraction of sp³-hybridized carbons (Fsp3) is 0.200. The van der Waals surface area contributed by atoms with Gasteiger partial charge in [0, 0.05) is 42.1 Å². The monoisotopic (exact) mass is 493 g/mol. The van der Waals surface area contributed by atoms with Crippen molar-refractivity contribution in [3.05, 3.63) is 71.3 Å². The molecule has 1 aliphatic heterocycles. The number of anilines is 2. The number of hydrogen-bond acceptors (Lipinski definition) is 7. The number of fused-ring (bicyclic) bond motifs is 1. The highest BCUT2D eigenvalue weighted by molar-refractivity contribution is 6.31. The molecule has 0 radical (unpaired) electrons. The summed E-state index contributed by atoms with van der Waals surface area (Å²) in [7, 11) is 1.51. The maximum Gasteiger partial charge on any atom is 0.257 e. The van der Waals surface area contributed by atoms with Gasteiger partial charge < -0.3 is 19.7 Å². The summed E-state index contributed by atoms with van der Waals surface area (Å²) in [6.07, 6.45) is 3.32. The number of aromatic nitrogens is 3. The smallest absolute Gasteiger partial charge is 0.257 e. The average molecular weight is 494 g/mol. The van der Waals surface area contributed by atoms with E-state index in [0.29, 0.717) is 71.4 Å². The standard InChI is InChI=1S/C25H21ClFN5O3/c1-34-22-13-17-21(12-18(22)25(33)32-7-9-35-10-8-32)30-23(15-3-2-6-28-14-15)31-24(17)29-16-4-5-20(27)19(26)11-16/h2-6,11-14H,7-10H2,1H3,(H,29,30,31). The van der Waals surface area contributed by atoms with Crippen LogP contribution in [0.4, 0.5) is 15.9 Å². The fourth-order valence-electron chi connectivity index (χ4n) is 3.86. The van der Waals surface area contributed by atoms with Crippen molar-refractivity contribution >= 4 is 39.9 Å². The number of halogens is 2. The molecule has 1 fully saturated rings. The molecule has 0 saturated carbocycles. The van der Waals surface area contributed by atoms with Crippen molar-refractivity contribution in [2.45, 2.75) is 0 Å². The van der Waals surface area contributed by atoms with Gasteiger partial charge in [-0.3, -0.25) is 9.78 Å².